The quantitative estimate of drug-likeness (QED) is 0.412. The zero-order valence-electron chi connectivity index (χ0n) is 18.7. The second kappa shape index (κ2) is 8.58. The summed E-state index contributed by atoms with van der Waals surface area (Å²) in [7, 11) is 0. The number of hydrogen-bond donors (Lipinski definition) is 2. The van der Waals surface area contributed by atoms with Crippen molar-refractivity contribution in [1.29, 1.82) is 0 Å². The van der Waals surface area contributed by atoms with Crippen LogP contribution in [-0.4, -0.2) is 39.6 Å². The van der Waals surface area contributed by atoms with E-state index in [1.807, 2.05) is 24.3 Å². The van der Waals surface area contributed by atoms with Gasteiger partial charge in [0, 0.05) is 42.3 Å². The number of fused-ring (bicyclic) bond motifs is 2. The highest BCUT2D eigenvalue weighted by molar-refractivity contribution is 7.99. The number of nitrogens with zero attached hydrogens (tertiary/aromatic N) is 5. The summed E-state index contributed by atoms with van der Waals surface area (Å²) in [5, 5.41) is 1.08. The summed E-state index contributed by atoms with van der Waals surface area (Å²) in [5.41, 5.74) is 14.3. The number of piperidine rings is 1. The maximum atomic E-state index is 14.6. The number of halogens is 2. The lowest BCUT2D eigenvalue weighted by Gasteiger charge is -2.27. The summed E-state index contributed by atoms with van der Waals surface area (Å²) in [6.45, 7) is 1.97. The number of benzene rings is 2. The largest absolute Gasteiger partial charge is 0.381 e. The van der Waals surface area contributed by atoms with Gasteiger partial charge in [0.1, 0.15) is 22.2 Å². The molecule has 3 heterocycles. The van der Waals surface area contributed by atoms with Gasteiger partial charge in [-0.25, -0.2) is 14.4 Å². The van der Waals surface area contributed by atoms with Crippen molar-refractivity contribution in [2.75, 3.05) is 30.3 Å². The van der Waals surface area contributed by atoms with Crippen LogP contribution in [-0.2, 0) is 5.41 Å². The number of rotatable bonds is 5. The molecule has 1 aliphatic carbocycles. The van der Waals surface area contributed by atoms with Crippen molar-refractivity contribution in [3.8, 4) is 0 Å². The van der Waals surface area contributed by atoms with Gasteiger partial charge in [-0.3, -0.25) is 9.97 Å². The topological polar surface area (TPSA) is 107 Å². The Bertz CT molecular complexity index is 1440. The molecular weight excluding hydrogens is 485 g/mol. The molecule has 2 fully saturated rings. The van der Waals surface area contributed by atoms with E-state index in [0.717, 1.165) is 35.5 Å². The molecule has 0 amide bonds. The zero-order chi connectivity index (χ0) is 24.2. The number of aromatic nitrogens is 4. The molecule has 178 valence electrons. The predicted octanol–water partition coefficient (Wildman–Crippen LogP) is 4.30. The second-order valence-corrected chi connectivity index (χ2v) is 10.4. The van der Waals surface area contributed by atoms with Crippen LogP contribution in [0.3, 0.4) is 0 Å². The van der Waals surface area contributed by atoms with Crippen molar-refractivity contribution >= 4 is 46.0 Å². The lowest BCUT2D eigenvalue weighted by Crippen LogP contribution is -2.33. The molecule has 3 atom stereocenters. The summed E-state index contributed by atoms with van der Waals surface area (Å²) < 4.78 is 14.6. The van der Waals surface area contributed by atoms with Crippen molar-refractivity contribution in [3.05, 3.63) is 71.4 Å². The maximum absolute atomic E-state index is 14.6. The highest BCUT2D eigenvalue weighted by Gasteiger charge is 2.66. The Morgan fingerprint density at radius 3 is 2.74 bits per heavy atom. The first-order valence-electron chi connectivity index (χ1n) is 11.4. The first kappa shape index (κ1) is 22.5. The Labute approximate surface area is 211 Å². The van der Waals surface area contributed by atoms with Gasteiger partial charge in [-0.1, -0.05) is 41.6 Å². The molecule has 2 aromatic carbocycles. The van der Waals surface area contributed by atoms with E-state index in [-0.39, 0.29) is 17.2 Å². The third-order valence-electron chi connectivity index (χ3n) is 7.37. The van der Waals surface area contributed by atoms with E-state index in [9.17, 15) is 4.39 Å². The second-order valence-electron chi connectivity index (χ2n) is 8.99. The van der Waals surface area contributed by atoms with E-state index in [4.69, 9.17) is 23.1 Å². The highest BCUT2D eigenvalue weighted by atomic mass is 35.5. The fourth-order valence-electron chi connectivity index (χ4n) is 5.62. The molecule has 1 saturated carbocycles. The minimum absolute atomic E-state index is 0.178. The monoisotopic (exact) mass is 507 g/mol. The normalized spacial score (nSPS) is 23.3. The molecule has 2 aromatic heterocycles. The Hall–Kier alpha value is -3.01. The minimum atomic E-state index is -0.315. The molecule has 0 unspecified atom stereocenters. The molecule has 4 N–H and O–H groups in total. The summed E-state index contributed by atoms with van der Waals surface area (Å²) in [5.74, 6) is 1.52. The van der Waals surface area contributed by atoms with Crippen LogP contribution in [0.25, 0.3) is 11.0 Å². The molecule has 0 spiro atoms. The Morgan fingerprint density at radius 1 is 1.11 bits per heavy atom. The summed E-state index contributed by atoms with van der Waals surface area (Å²) in [4.78, 5) is 20.8. The average Bonchev–Trinajstić information content (AvgIpc) is 3.54. The molecule has 0 radical (unpaired) electrons. The van der Waals surface area contributed by atoms with E-state index in [1.54, 1.807) is 24.7 Å². The van der Waals surface area contributed by atoms with E-state index < -0.39 is 0 Å². The van der Waals surface area contributed by atoms with E-state index in [1.165, 1.54) is 17.8 Å². The Morgan fingerprint density at radius 2 is 1.94 bits per heavy atom. The van der Waals surface area contributed by atoms with Gasteiger partial charge in [0.25, 0.3) is 0 Å². The van der Waals surface area contributed by atoms with Gasteiger partial charge in [-0.05, 0) is 42.0 Å². The van der Waals surface area contributed by atoms with Crippen molar-refractivity contribution < 1.29 is 4.39 Å². The highest BCUT2D eigenvalue weighted by Crippen LogP contribution is 2.63. The molecule has 4 aromatic rings. The molecule has 0 bridgehead atoms. The fraction of sp³-hybridized carbons (Fsp3) is 0.280. The average molecular weight is 508 g/mol. The fourth-order valence-corrected chi connectivity index (χ4v) is 6.73. The van der Waals surface area contributed by atoms with Crippen LogP contribution in [0, 0.1) is 17.7 Å². The van der Waals surface area contributed by atoms with E-state index in [0.29, 0.717) is 39.7 Å². The number of nitrogen functional groups attached to an aromatic ring is 1. The van der Waals surface area contributed by atoms with Crippen molar-refractivity contribution in [2.45, 2.75) is 21.8 Å². The molecule has 7 nitrogen and oxygen atoms in total. The number of nitrogens with two attached hydrogens (primary N) is 2. The lowest BCUT2D eigenvalue weighted by atomic mass is 9.91. The minimum Gasteiger partial charge on any atom is -0.381 e. The van der Waals surface area contributed by atoms with Crippen LogP contribution in [0.2, 0.25) is 5.02 Å². The van der Waals surface area contributed by atoms with Gasteiger partial charge in [0.2, 0.25) is 0 Å². The van der Waals surface area contributed by atoms with Crippen LogP contribution in [0.5, 0.6) is 0 Å². The molecule has 6 rings (SSSR count). The predicted molar refractivity (Wildman–Crippen MR) is 136 cm³/mol. The molecule has 1 saturated heterocycles. The van der Waals surface area contributed by atoms with Crippen molar-refractivity contribution in [2.24, 2.45) is 17.6 Å². The van der Waals surface area contributed by atoms with Crippen LogP contribution in [0.1, 0.15) is 12.0 Å². The third-order valence-corrected chi connectivity index (χ3v) is 8.93. The standard InChI is InChI=1S/C25H23ClFN7S/c26-21-19(6-5-18-22(21)31-9-8-30-18)35-24-23(29)33-20(11-32-24)34-10-7-14-16(12-34)25(14,13-28)15-3-1-2-4-17(15)27/h1-6,8-9,11,14,16H,7,10,12-13,28H2,(H2,29,33)/t14-,16+,25-/m1/s1. The van der Waals surface area contributed by atoms with Gasteiger partial charge < -0.3 is 16.4 Å². The first-order valence-corrected chi connectivity index (χ1v) is 12.6. The van der Waals surface area contributed by atoms with Crippen LogP contribution >= 0.6 is 23.4 Å². The summed E-state index contributed by atoms with van der Waals surface area (Å²) in [6.07, 6.45) is 5.90. The Kier molecular flexibility index (Phi) is 5.51. The van der Waals surface area contributed by atoms with Gasteiger partial charge in [-0.15, -0.1) is 0 Å². The van der Waals surface area contributed by atoms with Crippen molar-refractivity contribution in [3.63, 3.8) is 0 Å². The summed E-state index contributed by atoms with van der Waals surface area (Å²) >= 11 is 7.91. The third kappa shape index (κ3) is 3.61. The molecule has 1 aliphatic heterocycles. The maximum Gasteiger partial charge on any atom is 0.158 e. The molecule has 2 aliphatic rings. The van der Waals surface area contributed by atoms with Crippen LogP contribution < -0.4 is 16.4 Å². The smallest absolute Gasteiger partial charge is 0.158 e. The molecule has 35 heavy (non-hydrogen) atoms. The first-order chi connectivity index (χ1) is 17.0. The van der Waals surface area contributed by atoms with Gasteiger partial charge in [-0.2, -0.15) is 0 Å². The lowest BCUT2D eigenvalue weighted by molar-refractivity contribution is 0.533. The van der Waals surface area contributed by atoms with Crippen LogP contribution in [0.4, 0.5) is 16.0 Å². The van der Waals surface area contributed by atoms with Gasteiger partial charge in [0.15, 0.2) is 5.82 Å². The van der Waals surface area contributed by atoms with Crippen molar-refractivity contribution in [1.82, 2.24) is 19.9 Å². The number of anilines is 2. The summed E-state index contributed by atoms with van der Waals surface area (Å²) in [6, 6.07) is 10.7. The van der Waals surface area contributed by atoms with E-state index >= 15 is 0 Å². The Balaban J connectivity index is 1.22. The zero-order valence-corrected chi connectivity index (χ0v) is 20.3. The SMILES string of the molecule is NC[C@]1(c2ccccc2F)[C@@H]2CCN(c3cnc(Sc4ccc5nccnc5c4Cl)c(N)n3)C[C@@H]21. The molecule has 10 heteroatoms. The van der Waals surface area contributed by atoms with Gasteiger partial charge >= 0.3 is 0 Å². The van der Waals surface area contributed by atoms with Gasteiger partial charge in [0.05, 0.1) is 16.7 Å². The molecular formula is C25H23ClFN7S. The van der Waals surface area contributed by atoms with E-state index in [2.05, 4.69) is 24.8 Å². The number of hydrogen-bond acceptors (Lipinski definition) is 8. The van der Waals surface area contributed by atoms with Crippen LogP contribution in [0.15, 0.2) is 64.9 Å².